The van der Waals surface area contributed by atoms with Crippen LogP contribution >= 0.6 is 12.2 Å². The van der Waals surface area contributed by atoms with Crippen LogP contribution in [-0.4, -0.2) is 40.9 Å². The molecule has 0 radical (unpaired) electrons. The van der Waals surface area contributed by atoms with Crippen molar-refractivity contribution >= 4 is 22.9 Å². The molecule has 9 heteroatoms. The van der Waals surface area contributed by atoms with E-state index < -0.39 is 5.82 Å². The van der Waals surface area contributed by atoms with Crippen molar-refractivity contribution < 1.29 is 18.4 Å². The molecule has 1 aliphatic heterocycles. The Morgan fingerprint density at radius 2 is 1.91 bits per heavy atom. The van der Waals surface area contributed by atoms with Gasteiger partial charge in [-0.3, -0.25) is 0 Å². The second-order valence-electron chi connectivity index (χ2n) is 7.17. The number of rotatable bonds is 6. The van der Waals surface area contributed by atoms with Crippen molar-refractivity contribution in [3.05, 3.63) is 65.4 Å². The first-order valence-electron chi connectivity index (χ1n) is 10.1. The molecule has 3 aromatic rings. The SMILES string of the molecule is CCN1C(=S)NC(c2ccc(OC)cc2)C(c2nc(-c3ccc(OC)c(F)c3)no2)=C1C. The maximum atomic E-state index is 14.2. The molecule has 1 aromatic heterocycles. The second kappa shape index (κ2) is 8.96. The smallest absolute Gasteiger partial charge is 0.258 e. The van der Waals surface area contributed by atoms with Gasteiger partial charge in [0.2, 0.25) is 5.82 Å². The lowest BCUT2D eigenvalue weighted by molar-refractivity contribution is 0.386. The summed E-state index contributed by atoms with van der Waals surface area (Å²) >= 11 is 5.59. The fraction of sp³-hybridized carbons (Fsp3) is 0.261. The largest absolute Gasteiger partial charge is 0.497 e. The molecule has 2 heterocycles. The van der Waals surface area contributed by atoms with E-state index in [4.69, 9.17) is 26.2 Å². The number of methoxy groups -OCH3 is 2. The Balaban J connectivity index is 1.78. The number of allylic oxidation sites excluding steroid dienone is 1. The van der Waals surface area contributed by atoms with Gasteiger partial charge in [0, 0.05) is 17.8 Å². The lowest BCUT2D eigenvalue weighted by atomic mass is 9.94. The number of nitrogens with one attached hydrogen (secondary N) is 1. The van der Waals surface area contributed by atoms with Gasteiger partial charge in [-0.1, -0.05) is 17.3 Å². The van der Waals surface area contributed by atoms with Gasteiger partial charge in [0.05, 0.1) is 25.8 Å². The molecule has 1 aliphatic rings. The maximum absolute atomic E-state index is 14.2. The van der Waals surface area contributed by atoms with Gasteiger partial charge in [0.25, 0.3) is 5.89 Å². The minimum atomic E-state index is -0.496. The summed E-state index contributed by atoms with van der Waals surface area (Å²) in [5, 5.41) is 8.09. The molecule has 166 valence electrons. The molecule has 4 rings (SSSR count). The number of nitrogens with zero attached hydrogens (tertiary/aromatic N) is 3. The highest BCUT2D eigenvalue weighted by molar-refractivity contribution is 7.80. The summed E-state index contributed by atoms with van der Waals surface area (Å²) < 4.78 is 30.1. The van der Waals surface area contributed by atoms with Crippen molar-refractivity contribution in [2.24, 2.45) is 0 Å². The number of hydrogen-bond acceptors (Lipinski definition) is 6. The van der Waals surface area contributed by atoms with Gasteiger partial charge in [-0.25, -0.2) is 4.39 Å². The summed E-state index contributed by atoms with van der Waals surface area (Å²) in [4.78, 5) is 6.55. The van der Waals surface area contributed by atoms with Gasteiger partial charge in [-0.05, 0) is 62.0 Å². The van der Waals surface area contributed by atoms with Gasteiger partial charge < -0.3 is 24.2 Å². The third-order valence-electron chi connectivity index (χ3n) is 5.43. The average Bonchev–Trinajstić information content (AvgIpc) is 3.28. The zero-order chi connectivity index (χ0) is 22.8. The van der Waals surface area contributed by atoms with Crippen molar-refractivity contribution in [3.63, 3.8) is 0 Å². The van der Waals surface area contributed by atoms with Crippen LogP contribution in [0.4, 0.5) is 4.39 Å². The van der Waals surface area contributed by atoms with Crippen LogP contribution in [0.2, 0.25) is 0 Å². The standard InChI is InChI=1S/C23H23FN4O3S/c1-5-28-13(2)19(20(25-23(28)32)14-6-9-16(29-3)10-7-14)22-26-21(27-31-22)15-8-11-18(30-4)17(24)12-15/h6-12,20H,5H2,1-4H3,(H,25,32). The Morgan fingerprint density at radius 3 is 2.53 bits per heavy atom. The molecule has 2 aromatic carbocycles. The third-order valence-corrected chi connectivity index (χ3v) is 5.77. The van der Waals surface area contributed by atoms with Crippen LogP contribution < -0.4 is 14.8 Å². The molecule has 7 nitrogen and oxygen atoms in total. The van der Waals surface area contributed by atoms with Crippen LogP contribution in [0.25, 0.3) is 17.0 Å². The van der Waals surface area contributed by atoms with Crippen LogP contribution in [0, 0.1) is 5.82 Å². The summed E-state index contributed by atoms with van der Waals surface area (Å²) in [5.74, 6) is 1.03. The topological polar surface area (TPSA) is 72.7 Å². The normalized spacial score (nSPS) is 16.2. The summed E-state index contributed by atoms with van der Waals surface area (Å²) in [5.41, 5.74) is 3.17. The van der Waals surface area contributed by atoms with Gasteiger partial charge in [0.15, 0.2) is 16.7 Å². The zero-order valence-corrected chi connectivity index (χ0v) is 19.0. The van der Waals surface area contributed by atoms with Gasteiger partial charge in [-0.15, -0.1) is 0 Å². The Morgan fingerprint density at radius 1 is 1.16 bits per heavy atom. The average molecular weight is 455 g/mol. The van der Waals surface area contributed by atoms with E-state index in [1.807, 2.05) is 43.0 Å². The summed E-state index contributed by atoms with van der Waals surface area (Å²) in [6.07, 6.45) is 0. The molecule has 0 fully saturated rings. The highest BCUT2D eigenvalue weighted by Crippen LogP contribution is 2.38. The fourth-order valence-corrected chi connectivity index (χ4v) is 4.13. The monoisotopic (exact) mass is 454 g/mol. The summed E-state index contributed by atoms with van der Waals surface area (Å²) in [6.45, 7) is 4.67. The summed E-state index contributed by atoms with van der Waals surface area (Å²) in [6, 6.07) is 11.9. The molecule has 1 atom stereocenters. The van der Waals surface area contributed by atoms with Gasteiger partial charge in [0.1, 0.15) is 5.75 Å². The number of hydrogen-bond donors (Lipinski definition) is 1. The van der Waals surface area contributed by atoms with Crippen LogP contribution in [-0.2, 0) is 0 Å². The Bertz CT molecular complexity index is 1180. The Labute approximate surface area is 190 Å². The van der Waals surface area contributed by atoms with E-state index >= 15 is 0 Å². The number of ether oxygens (including phenoxy) is 2. The third kappa shape index (κ3) is 3.91. The van der Waals surface area contributed by atoms with E-state index in [1.165, 1.54) is 19.2 Å². The number of aromatic nitrogens is 2. The highest BCUT2D eigenvalue weighted by atomic mass is 32.1. The van der Waals surface area contributed by atoms with Crippen molar-refractivity contribution in [3.8, 4) is 22.9 Å². The Hall–Kier alpha value is -3.46. The fourth-order valence-electron chi connectivity index (χ4n) is 3.74. The summed E-state index contributed by atoms with van der Waals surface area (Å²) in [7, 11) is 3.04. The van der Waals surface area contributed by atoms with Gasteiger partial charge >= 0.3 is 0 Å². The molecule has 0 amide bonds. The first-order valence-corrected chi connectivity index (χ1v) is 10.5. The maximum Gasteiger partial charge on any atom is 0.258 e. The molecule has 32 heavy (non-hydrogen) atoms. The number of thiocarbonyl (C=S) groups is 1. The van der Waals surface area contributed by atoms with Crippen molar-refractivity contribution in [2.75, 3.05) is 20.8 Å². The predicted molar refractivity (Wildman–Crippen MR) is 123 cm³/mol. The van der Waals surface area contributed by atoms with Crippen LogP contribution in [0.1, 0.15) is 31.3 Å². The minimum absolute atomic E-state index is 0.152. The molecule has 0 saturated heterocycles. The lowest BCUT2D eigenvalue weighted by Crippen LogP contribution is -2.45. The van der Waals surface area contributed by atoms with E-state index in [1.54, 1.807) is 13.2 Å². The van der Waals surface area contributed by atoms with E-state index in [0.717, 1.165) is 22.6 Å². The zero-order valence-electron chi connectivity index (χ0n) is 18.2. The quantitative estimate of drug-likeness (QED) is 0.543. The first-order chi connectivity index (χ1) is 15.5. The molecule has 1 N–H and O–H groups in total. The lowest BCUT2D eigenvalue weighted by Gasteiger charge is -2.36. The van der Waals surface area contributed by atoms with E-state index in [2.05, 4.69) is 15.5 Å². The van der Waals surface area contributed by atoms with E-state index in [0.29, 0.717) is 23.1 Å². The highest BCUT2D eigenvalue weighted by Gasteiger charge is 2.33. The van der Waals surface area contributed by atoms with Crippen LogP contribution in [0.3, 0.4) is 0 Å². The first kappa shape index (κ1) is 21.8. The van der Waals surface area contributed by atoms with Crippen LogP contribution in [0.5, 0.6) is 11.5 Å². The Kier molecular flexibility index (Phi) is 6.09. The predicted octanol–water partition coefficient (Wildman–Crippen LogP) is 4.58. The van der Waals surface area contributed by atoms with E-state index in [-0.39, 0.29) is 17.6 Å². The number of benzene rings is 2. The van der Waals surface area contributed by atoms with Crippen molar-refractivity contribution in [1.82, 2.24) is 20.4 Å². The number of halogens is 1. The van der Waals surface area contributed by atoms with Crippen molar-refractivity contribution in [2.45, 2.75) is 19.9 Å². The molecule has 0 spiro atoms. The second-order valence-corrected chi connectivity index (χ2v) is 7.56. The minimum Gasteiger partial charge on any atom is -0.497 e. The van der Waals surface area contributed by atoms with E-state index in [9.17, 15) is 4.39 Å². The molecule has 0 aliphatic carbocycles. The molecular weight excluding hydrogens is 431 g/mol. The molecule has 1 unspecified atom stereocenters. The van der Waals surface area contributed by atoms with Crippen LogP contribution in [0.15, 0.2) is 52.7 Å². The van der Waals surface area contributed by atoms with Crippen molar-refractivity contribution in [1.29, 1.82) is 0 Å². The van der Waals surface area contributed by atoms with Gasteiger partial charge in [-0.2, -0.15) is 4.98 Å². The molecule has 0 saturated carbocycles. The molecule has 0 bridgehead atoms. The molecular formula is C23H23FN4O3S.